The highest BCUT2D eigenvalue weighted by molar-refractivity contribution is 5.96. The molecule has 0 bridgehead atoms. The average molecular weight is 283 g/mol. The number of carbonyl (C=O) groups excluding carboxylic acids is 1. The van der Waals surface area contributed by atoms with Crippen LogP contribution in [0, 0.1) is 13.8 Å². The molecule has 0 radical (unpaired) electrons. The average Bonchev–Trinajstić information content (AvgIpc) is 2.38. The lowest BCUT2D eigenvalue weighted by atomic mass is 9.99. The second kappa shape index (κ2) is 6.92. The second-order valence-corrected chi connectivity index (χ2v) is 5.20. The van der Waals surface area contributed by atoms with E-state index in [1.807, 2.05) is 30.9 Å². The predicted molar refractivity (Wildman–Crippen MR) is 80.9 cm³/mol. The maximum Gasteiger partial charge on any atom is 0.254 e. The molecule has 2 N–H and O–H groups in total. The quantitative estimate of drug-likeness (QED) is 0.906. The van der Waals surface area contributed by atoms with Gasteiger partial charge in [-0.25, -0.2) is 0 Å². The van der Waals surface area contributed by atoms with Gasteiger partial charge >= 0.3 is 0 Å². The van der Waals surface area contributed by atoms with Crippen molar-refractivity contribution < 1.29 is 4.79 Å². The first-order chi connectivity index (χ1) is 8.63. The van der Waals surface area contributed by atoms with Crippen molar-refractivity contribution in [2.24, 2.45) is 5.73 Å². The van der Waals surface area contributed by atoms with Crippen LogP contribution in [-0.2, 0) is 0 Å². The van der Waals surface area contributed by atoms with E-state index in [-0.39, 0.29) is 24.4 Å². The molecule has 1 aliphatic heterocycles. The van der Waals surface area contributed by atoms with Crippen molar-refractivity contribution >= 4 is 18.3 Å². The first kappa shape index (κ1) is 16.0. The van der Waals surface area contributed by atoms with Crippen LogP contribution in [0.25, 0.3) is 0 Å². The minimum absolute atomic E-state index is 0. The van der Waals surface area contributed by atoms with E-state index in [1.165, 1.54) is 12.0 Å². The number of halogens is 1. The first-order valence-electron chi connectivity index (χ1n) is 6.71. The standard InChI is InChI=1S/C15H22N2O.ClH/c1-11-6-7-14(12(2)9-11)15(18)17-8-4-3-5-13(17)10-16;/h6-7,9,13H,3-5,8,10,16H2,1-2H3;1H. The molecule has 0 spiro atoms. The normalized spacial score (nSPS) is 18.9. The van der Waals surface area contributed by atoms with E-state index in [2.05, 4.69) is 6.07 Å². The van der Waals surface area contributed by atoms with Crippen LogP contribution in [0.4, 0.5) is 0 Å². The molecule has 1 aliphatic rings. The van der Waals surface area contributed by atoms with Crippen molar-refractivity contribution in [2.45, 2.75) is 39.2 Å². The van der Waals surface area contributed by atoms with Crippen LogP contribution in [-0.4, -0.2) is 29.9 Å². The maximum absolute atomic E-state index is 12.6. The van der Waals surface area contributed by atoms with Gasteiger partial charge in [0.25, 0.3) is 5.91 Å². The fourth-order valence-corrected chi connectivity index (χ4v) is 2.72. The molecule has 106 valence electrons. The lowest BCUT2D eigenvalue weighted by Crippen LogP contribution is -2.47. The Labute approximate surface area is 121 Å². The van der Waals surface area contributed by atoms with Gasteiger partial charge in [0.2, 0.25) is 0 Å². The van der Waals surface area contributed by atoms with Gasteiger partial charge in [0, 0.05) is 24.7 Å². The topological polar surface area (TPSA) is 46.3 Å². The van der Waals surface area contributed by atoms with Gasteiger partial charge in [-0.1, -0.05) is 17.7 Å². The summed E-state index contributed by atoms with van der Waals surface area (Å²) < 4.78 is 0. The molecular weight excluding hydrogens is 260 g/mol. The van der Waals surface area contributed by atoms with E-state index in [4.69, 9.17) is 5.73 Å². The number of piperidine rings is 1. The van der Waals surface area contributed by atoms with Crippen LogP contribution in [0.5, 0.6) is 0 Å². The summed E-state index contributed by atoms with van der Waals surface area (Å²) in [6.07, 6.45) is 3.30. The van der Waals surface area contributed by atoms with E-state index in [1.54, 1.807) is 0 Å². The van der Waals surface area contributed by atoms with E-state index < -0.39 is 0 Å². The van der Waals surface area contributed by atoms with Gasteiger partial charge in [0.1, 0.15) is 0 Å². The number of nitrogens with two attached hydrogens (primary N) is 1. The molecule has 1 aromatic carbocycles. The summed E-state index contributed by atoms with van der Waals surface area (Å²) in [5.74, 6) is 0.141. The van der Waals surface area contributed by atoms with Gasteiger partial charge in [-0.15, -0.1) is 12.4 Å². The summed E-state index contributed by atoms with van der Waals surface area (Å²) >= 11 is 0. The summed E-state index contributed by atoms with van der Waals surface area (Å²) in [6.45, 7) is 5.46. The third-order valence-corrected chi connectivity index (χ3v) is 3.77. The zero-order chi connectivity index (χ0) is 13.1. The second-order valence-electron chi connectivity index (χ2n) is 5.20. The number of nitrogens with zero attached hydrogens (tertiary/aromatic N) is 1. The molecule has 1 saturated heterocycles. The number of likely N-dealkylation sites (tertiary alicyclic amines) is 1. The molecule has 19 heavy (non-hydrogen) atoms. The summed E-state index contributed by atoms with van der Waals surface area (Å²) in [6, 6.07) is 6.22. The fraction of sp³-hybridized carbons (Fsp3) is 0.533. The van der Waals surface area contributed by atoms with Gasteiger partial charge < -0.3 is 10.6 Å². The molecule has 1 heterocycles. The lowest BCUT2D eigenvalue weighted by Gasteiger charge is -2.35. The highest BCUT2D eigenvalue weighted by Gasteiger charge is 2.26. The summed E-state index contributed by atoms with van der Waals surface area (Å²) in [4.78, 5) is 14.5. The monoisotopic (exact) mass is 282 g/mol. The SMILES string of the molecule is Cc1ccc(C(=O)N2CCCCC2CN)c(C)c1.Cl. The van der Waals surface area contributed by atoms with Crippen molar-refractivity contribution in [1.29, 1.82) is 0 Å². The number of rotatable bonds is 2. The smallest absolute Gasteiger partial charge is 0.254 e. The summed E-state index contributed by atoms with van der Waals surface area (Å²) in [5, 5.41) is 0. The van der Waals surface area contributed by atoms with E-state index >= 15 is 0 Å². The Morgan fingerprint density at radius 1 is 1.37 bits per heavy atom. The molecule has 1 amide bonds. The van der Waals surface area contributed by atoms with Crippen molar-refractivity contribution in [3.63, 3.8) is 0 Å². The van der Waals surface area contributed by atoms with Crippen LogP contribution < -0.4 is 5.73 Å². The summed E-state index contributed by atoms with van der Waals surface area (Å²) in [7, 11) is 0. The molecule has 3 nitrogen and oxygen atoms in total. The Balaban J connectivity index is 0.00000180. The van der Waals surface area contributed by atoms with Crippen LogP contribution in [0.3, 0.4) is 0 Å². The number of carbonyl (C=O) groups is 1. The van der Waals surface area contributed by atoms with Crippen LogP contribution in [0.1, 0.15) is 40.7 Å². The molecule has 0 saturated carbocycles. The van der Waals surface area contributed by atoms with Crippen LogP contribution >= 0.6 is 12.4 Å². The molecule has 0 aliphatic carbocycles. The zero-order valence-electron chi connectivity index (χ0n) is 11.7. The van der Waals surface area contributed by atoms with Gasteiger partial charge in [-0.3, -0.25) is 4.79 Å². The minimum atomic E-state index is 0. The van der Waals surface area contributed by atoms with Crippen molar-refractivity contribution in [2.75, 3.05) is 13.1 Å². The third kappa shape index (κ3) is 3.48. The van der Waals surface area contributed by atoms with Crippen molar-refractivity contribution in [3.05, 3.63) is 34.9 Å². The van der Waals surface area contributed by atoms with E-state index in [0.717, 1.165) is 30.5 Å². The van der Waals surface area contributed by atoms with E-state index in [0.29, 0.717) is 6.54 Å². The Kier molecular flexibility index (Phi) is 5.83. The fourth-order valence-electron chi connectivity index (χ4n) is 2.72. The Bertz CT molecular complexity index is 448. The number of hydrogen-bond acceptors (Lipinski definition) is 2. The predicted octanol–water partition coefficient (Wildman–Crippen LogP) is 2.68. The van der Waals surface area contributed by atoms with Gasteiger partial charge in [-0.2, -0.15) is 0 Å². The zero-order valence-corrected chi connectivity index (χ0v) is 12.5. The molecule has 4 heteroatoms. The molecule has 2 rings (SSSR count). The van der Waals surface area contributed by atoms with Crippen molar-refractivity contribution in [3.8, 4) is 0 Å². The number of amides is 1. The molecular formula is C15H23ClN2O. The van der Waals surface area contributed by atoms with Crippen LogP contribution in [0.15, 0.2) is 18.2 Å². The minimum Gasteiger partial charge on any atom is -0.334 e. The van der Waals surface area contributed by atoms with Crippen LogP contribution in [0.2, 0.25) is 0 Å². The maximum atomic E-state index is 12.6. The molecule has 1 unspecified atom stereocenters. The molecule has 0 aromatic heterocycles. The van der Waals surface area contributed by atoms with E-state index in [9.17, 15) is 4.79 Å². The molecule has 1 fully saturated rings. The van der Waals surface area contributed by atoms with Crippen molar-refractivity contribution in [1.82, 2.24) is 4.90 Å². The Morgan fingerprint density at radius 3 is 2.74 bits per heavy atom. The Morgan fingerprint density at radius 2 is 2.11 bits per heavy atom. The lowest BCUT2D eigenvalue weighted by molar-refractivity contribution is 0.0622. The first-order valence-corrected chi connectivity index (χ1v) is 6.71. The van der Waals surface area contributed by atoms with Gasteiger partial charge in [-0.05, 0) is 44.7 Å². The highest BCUT2D eigenvalue weighted by atomic mass is 35.5. The Hall–Kier alpha value is -1.06. The van der Waals surface area contributed by atoms with Gasteiger partial charge in [0.05, 0.1) is 0 Å². The molecule has 1 atom stereocenters. The number of aryl methyl sites for hydroxylation is 2. The van der Waals surface area contributed by atoms with Gasteiger partial charge in [0.15, 0.2) is 0 Å². The third-order valence-electron chi connectivity index (χ3n) is 3.77. The number of benzene rings is 1. The number of hydrogen-bond donors (Lipinski definition) is 1. The summed E-state index contributed by atoms with van der Waals surface area (Å²) in [5.41, 5.74) is 8.85. The molecule has 1 aromatic rings. The highest BCUT2D eigenvalue weighted by Crippen LogP contribution is 2.21. The largest absolute Gasteiger partial charge is 0.334 e.